The third-order valence-corrected chi connectivity index (χ3v) is 4.78. The Hall–Kier alpha value is -2.43. The molecule has 3 rings (SSSR count). The van der Waals surface area contributed by atoms with E-state index in [1.165, 1.54) is 0 Å². The molecule has 2 aromatic rings. The molecule has 2 heterocycles. The fourth-order valence-electron chi connectivity index (χ4n) is 3.27. The van der Waals surface area contributed by atoms with Crippen LogP contribution < -0.4 is 0 Å². The van der Waals surface area contributed by atoms with Crippen LogP contribution in [0.3, 0.4) is 0 Å². The number of carbonyl (C=O) groups is 2. The molecule has 2 unspecified atom stereocenters. The number of hydrogen-bond acceptors (Lipinski definition) is 4. The SMILES string of the molecule is CCC(=O)N1CCCC(C(=O)OC(C)c2cnc3ccccc3c2)C1. The van der Waals surface area contributed by atoms with Gasteiger partial charge in [-0.15, -0.1) is 0 Å². The molecule has 1 aliphatic rings. The number of aromatic nitrogens is 1. The molecule has 0 radical (unpaired) electrons. The number of benzene rings is 1. The second kappa shape index (κ2) is 7.64. The highest BCUT2D eigenvalue weighted by Gasteiger charge is 2.30. The topological polar surface area (TPSA) is 59.5 Å². The second-order valence-corrected chi connectivity index (χ2v) is 6.57. The number of ether oxygens (including phenoxy) is 1. The van der Waals surface area contributed by atoms with Gasteiger partial charge in [-0.2, -0.15) is 0 Å². The van der Waals surface area contributed by atoms with E-state index in [1.54, 1.807) is 11.1 Å². The Balaban J connectivity index is 1.65. The zero-order valence-electron chi connectivity index (χ0n) is 14.8. The molecule has 0 saturated carbocycles. The summed E-state index contributed by atoms with van der Waals surface area (Å²) in [6.07, 6.45) is 3.49. The first-order valence-electron chi connectivity index (χ1n) is 8.91. The maximum Gasteiger partial charge on any atom is 0.311 e. The molecule has 1 aromatic carbocycles. The van der Waals surface area contributed by atoms with E-state index in [2.05, 4.69) is 4.98 Å². The normalized spacial score (nSPS) is 18.8. The highest BCUT2D eigenvalue weighted by molar-refractivity contribution is 5.80. The van der Waals surface area contributed by atoms with Gasteiger partial charge in [0.2, 0.25) is 5.91 Å². The number of rotatable bonds is 4. The number of esters is 1. The third kappa shape index (κ3) is 3.98. The fourth-order valence-corrected chi connectivity index (χ4v) is 3.27. The molecule has 5 nitrogen and oxygen atoms in total. The van der Waals surface area contributed by atoms with E-state index >= 15 is 0 Å². The van der Waals surface area contributed by atoms with Crippen molar-refractivity contribution in [1.82, 2.24) is 9.88 Å². The standard InChI is InChI=1S/C20H24N2O3/c1-3-19(23)22-10-6-8-16(13-22)20(24)25-14(2)17-11-15-7-4-5-9-18(15)21-12-17/h4-5,7,9,11-12,14,16H,3,6,8,10,13H2,1-2H3. The Morgan fingerprint density at radius 3 is 2.96 bits per heavy atom. The van der Waals surface area contributed by atoms with Crippen molar-refractivity contribution in [2.45, 2.75) is 39.2 Å². The molecule has 1 aliphatic heterocycles. The van der Waals surface area contributed by atoms with Gasteiger partial charge in [0.25, 0.3) is 0 Å². The molecule has 0 spiro atoms. The quantitative estimate of drug-likeness (QED) is 0.800. The minimum atomic E-state index is -0.359. The van der Waals surface area contributed by atoms with Crippen molar-refractivity contribution < 1.29 is 14.3 Å². The molecule has 132 valence electrons. The van der Waals surface area contributed by atoms with Crippen LogP contribution in [0.2, 0.25) is 0 Å². The second-order valence-electron chi connectivity index (χ2n) is 6.57. The molecule has 1 aromatic heterocycles. The lowest BCUT2D eigenvalue weighted by Crippen LogP contribution is -2.42. The third-order valence-electron chi connectivity index (χ3n) is 4.78. The van der Waals surface area contributed by atoms with Crippen LogP contribution in [-0.2, 0) is 14.3 Å². The Morgan fingerprint density at radius 2 is 2.16 bits per heavy atom. The maximum absolute atomic E-state index is 12.5. The summed E-state index contributed by atoms with van der Waals surface area (Å²) in [4.78, 5) is 30.6. The highest BCUT2D eigenvalue weighted by Crippen LogP contribution is 2.24. The first-order chi connectivity index (χ1) is 12.1. The fraction of sp³-hybridized carbons (Fsp3) is 0.450. The van der Waals surface area contributed by atoms with E-state index in [9.17, 15) is 9.59 Å². The van der Waals surface area contributed by atoms with Crippen molar-refractivity contribution in [3.8, 4) is 0 Å². The number of para-hydroxylation sites is 1. The van der Waals surface area contributed by atoms with Crippen LogP contribution in [0.15, 0.2) is 36.5 Å². The van der Waals surface area contributed by atoms with Crippen molar-refractivity contribution >= 4 is 22.8 Å². The van der Waals surface area contributed by atoms with Crippen LogP contribution in [0.1, 0.15) is 44.8 Å². The summed E-state index contributed by atoms with van der Waals surface area (Å²) >= 11 is 0. The Kier molecular flexibility index (Phi) is 5.31. The van der Waals surface area contributed by atoms with Crippen LogP contribution in [0.25, 0.3) is 10.9 Å². The van der Waals surface area contributed by atoms with Gasteiger partial charge in [0, 0.05) is 36.7 Å². The average molecular weight is 340 g/mol. The summed E-state index contributed by atoms with van der Waals surface area (Å²) in [7, 11) is 0. The predicted octanol–water partition coefficient (Wildman–Crippen LogP) is 3.49. The maximum atomic E-state index is 12.5. The van der Waals surface area contributed by atoms with Gasteiger partial charge in [0.05, 0.1) is 11.4 Å². The molecule has 0 bridgehead atoms. The largest absolute Gasteiger partial charge is 0.457 e. The number of carbonyl (C=O) groups excluding carboxylic acids is 2. The Bertz CT molecular complexity index is 774. The minimum Gasteiger partial charge on any atom is -0.457 e. The van der Waals surface area contributed by atoms with Gasteiger partial charge in [0.15, 0.2) is 0 Å². The van der Waals surface area contributed by atoms with Gasteiger partial charge in [-0.1, -0.05) is 25.1 Å². The minimum absolute atomic E-state index is 0.101. The summed E-state index contributed by atoms with van der Waals surface area (Å²) in [5.41, 5.74) is 1.80. The summed E-state index contributed by atoms with van der Waals surface area (Å²) in [6.45, 7) is 4.91. The zero-order chi connectivity index (χ0) is 17.8. The van der Waals surface area contributed by atoms with Gasteiger partial charge in [-0.3, -0.25) is 14.6 Å². The van der Waals surface area contributed by atoms with E-state index in [1.807, 2.05) is 44.2 Å². The van der Waals surface area contributed by atoms with Crippen molar-refractivity contribution in [3.63, 3.8) is 0 Å². The molecule has 1 saturated heterocycles. The lowest BCUT2D eigenvalue weighted by Gasteiger charge is -2.32. The van der Waals surface area contributed by atoms with E-state index < -0.39 is 0 Å². The molecule has 1 fully saturated rings. The molecule has 1 amide bonds. The van der Waals surface area contributed by atoms with E-state index in [4.69, 9.17) is 4.74 Å². The van der Waals surface area contributed by atoms with E-state index in [0.29, 0.717) is 13.0 Å². The monoisotopic (exact) mass is 340 g/mol. The number of likely N-dealkylation sites (tertiary alicyclic amines) is 1. The molecular formula is C20H24N2O3. The van der Waals surface area contributed by atoms with E-state index in [0.717, 1.165) is 35.9 Å². The van der Waals surface area contributed by atoms with Gasteiger partial charge in [-0.05, 0) is 31.9 Å². The molecule has 5 heteroatoms. The number of piperidine rings is 1. The number of amides is 1. The lowest BCUT2D eigenvalue weighted by atomic mass is 9.98. The van der Waals surface area contributed by atoms with Crippen molar-refractivity contribution in [2.24, 2.45) is 5.92 Å². The number of fused-ring (bicyclic) bond motifs is 1. The van der Waals surface area contributed by atoms with Crippen molar-refractivity contribution in [2.75, 3.05) is 13.1 Å². The number of nitrogens with zero attached hydrogens (tertiary/aromatic N) is 2. The molecule has 25 heavy (non-hydrogen) atoms. The molecule has 0 aliphatic carbocycles. The van der Waals surface area contributed by atoms with Gasteiger partial charge >= 0.3 is 5.97 Å². The molecule has 2 atom stereocenters. The highest BCUT2D eigenvalue weighted by atomic mass is 16.5. The van der Waals surface area contributed by atoms with Gasteiger partial charge in [0.1, 0.15) is 6.10 Å². The average Bonchev–Trinajstić information content (AvgIpc) is 2.66. The van der Waals surface area contributed by atoms with Crippen LogP contribution in [0.4, 0.5) is 0 Å². The summed E-state index contributed by atoms with van der Waals surface area (Å²) in [6, 6.07) is 9.87. The zero-order valence-corrected chi connectivity index (χ0v) is 14.8. The number of hydrogen-bond donors (Lipinski definition) is 0. The van der Waals surface area contributed by atoms with Gasteiger partial charge < -0.3 is 9.64 Å². The summed E-state index contributed by atoms with van der Waals surface area (Å²) in [5.74, 6) is -0.362. The van der Waals surface area contributed by atoms with Crippen molar-refractivity contribution in [3.05, 3.63) is 42.1 Å². The first kappa shape index (κ1) is 17.4. The van der Waals surface area contributed by atoms with Crippen LogP contribution in [0.5, 0.6) is 0 Å². The van der Waals surface area contributed by atoms with Crippen LogP contribution in [0, 0.1) is 5.92 Å². The van der Waals surface area contributed by atoms with Gasteiger partial charge in [-0.25, -0.2) is 0 Å². The van der Waals surface area contributed by atoms with E-state index in [-0.39, 0.29) is 23.9 Å². The Labute approximate surface area is 148 Å². The predicted molar refractivity (Wildman–Crippen MR) is 95.8 cm³/mol. The van der Waals surface area contributed by atoms with Crippen LogP contribution >= 0.6 is 0 Å². The first-order valence-corrected chi connectivity index (χ1v) is 8.91. The summed E-state index contributed by atoms with van der Waals surface area (Å²) < 4.78 is 5.67. The van der Waals surface area contributed by atoms with Crippen molar-refractivity contribution in [1.29, 1.82) is 0 Å². The Morgan fingerprint density at radius 1 is 1.36 bits per heavy atom. The summed E-state index contributed by atoms with van der Waals surface area (Å²) in [5, 5.41) is 1.03. The van der Waals surface area contributed by atoms with Crippen LogP contribution in [-0.4, -0.2) is 34.8 Å². The number of pyridine rings is 1. The lowest BCUT2D eigenvalue weighted by molar-refractivity contribution is -0.156. The molecule has 0 N–H and O–H groups in total. The molecular weight excluding hydrogens is 316 g/mol. The smallest absolute Gasteiger partial charge is 0.311 e.